The van der Waals surface area contributed by atoms with Crippen LogP contribution in [0.1, 0.15) is 5.56 Å². The Labute approximate surface area is 186 Å². The predicted molar refractivity (Wildman–Crippen MR) is 119 cm³/mol. The van der Waals surface area contributed by atoms with Crippen molar-refractivity contribution in [3.05, 3.63) is 98.5 Å². The Morgan fingerprint density at radius 3 is 2.30 bits per heavy atom. The molecule has 4 rings (SSSR count). The second-order valence-electron chi connectivity index (χ2n) is 6.31. The van der Waals surface area contributed by atoms with Crippen molar-refractivity contribution in [1.82, 2.24) is 14.8 Å². The second-order valence-corrected chi connectivity index (χ2v) is 8.10. The van der Waals surface area contributed by atoms with Crippen LogP contribution in [0.3, 0.4) is 0 Å². The summed E-state index contributed by atoms with van der Waals surface area (Å²) in [7, 11) is 0. The lowest BCUT2D eigenvalue weighted by Crippen LogP contribution is -2.00. The number of aromatic nitrogens is 3. The van der Waals surface area contributed by atoms with E-state index in [4.69, 9.17) is 23.2 Å². The Morgan fingerprint density at radius 1 is 0.933 bits per heavy atom. The van der Waals surface area contributed by atoms with E-state index < -0.39 is 4.92 Å². The third-order valence-corrected chi connectivity index (χ3v) is 5.93. The van der Waals surface area contributed by atoms with E-state index in [0.29, 0.717) is 26.8 Å². The van der Waals surface area contributed by atoms with Crippen molar-refractivity contribution >= 4 is 40.7 Å². The zero-order valence-corrected chi connectivity index (χ0v) is 17.7. The molecule has 0 N–H and O–H groups in total. The van der Waals surface area contributed by atoms with Crippen molar-refractivity contribution in [1.29, 1.82) is 0 Å². The van der Waals surface area contributed by atoms with Gasteiger partial charge in [0.15, 0.2) is 11.0 Å². The minimum atomic E-state index is -0.413. The number of non-ortho nitro benzene ring substituents is 1. The number of halogens is 2. The molecule has 0 saturated carbocycles. The number of rotatable bonds is 6. The average molecular weight is 457 g/mol. The van der Waals surface area contributed by atoms with Gasteiger partial charge >= 0.3 is 0 Å². The first-order valence-corrected chi connectivity index (χ1v) is 10.6. The maximum absolute atomic E-state index is 10.8. The summed E-state index contributed by atoms with van der Waals surface area (Å²) in [6.07, 6.45) is 0. The summed E-state index contributed by atoms with van der Waals surface area (Å²) >= 11 is 13.9. The Balaban J connectivity index is 1.70. The van der Waals surface area contributed by atoms with Crippen LogP contribution in [0, 0.1) is 10.1 Å². The molecule has 30 heavy (non-hydrogen) atoms. The molecular formula is C21H14Cl2N4O2S. The van der Waals surface area contributed by atoms with E-state index >= 15 is 0 Å². The van der Waals surface area contributed by atoms with Gasteiger partial charge in [0.05, 0.1) is 9.95 Å². The van der Waals surface area contributed by atoms with Gasteiger partial charge in [0.25, 0.3) is 5.69 Å². The number of hydrogen-bond acceptors (Lipinski definition) is 5. The van der Waals surface area contributed by atoms with Gasteiger partial charge in [-0.15, -0.1) is 10.2 Å². The van der Waals surface area contributed by atoms with E-state index in [9.17, 15) is 10.1 Å². The van der Waals surface area contributed by atoms with Crippen LogP contribution in [0.15, 0.2) is 78.0 Å². The molecule has 0 bridgehead atoms. The highest BCUT2D eigenvalue weighted by Crippen LogP contribution is 2.33. The number of thioether (sulfide) groups is 1. The monoisotopic (exact) mass is 456 g/mol. The van der Waals surface area contributed by atoms with Crippen LogP contribution >= 0.6 is 35.0 Å². The smallest absolute Gasteiger partial charge is 0.269 e. The van der Waals surface area contributed by atoms with Crippen molar-refractivity contribution in [2.75, 3.05) is 0 Å². The van der Waals surface area contributed by atoms with Gasteiger partial charge in [0.2, 0.25) is 0 Å². The van der Waals surface area contributed by atoms with Crippen LogP contribution in [0.4, 0.5) is 5.69 Å². The molecule has 0 aliphatic heterocycles. The molecule has 0 saturated heterocycles. The van der Waals surface area contributed by atoms with Crippen molar-refractivity contribution in [3.8, 4) is 17.1 Å². The van der Waals surface area contributed by atoms with Crippen LogP contribution in [-0.4, -0.2) is 19.7 Å². The van der Waals surface area contributed by atoms with Crippen LogP contribution in [0.25, 0.3) is 17.1 Å². The van der Waals surface area contributed by atoms with Gasteiger partial charge in [0, 0.05) is 34.2 Å². The molecular weight excluding hydrogens is 443 g/mol. The van der Waals surface area contributed by atoms with E-state index in [-0.39, 0.29) is 5.69 Å². The van der Waals surface area contributed by atoms with E-state index in [2.05, 4.69) is 10.2 Å². The zero-order valence-electron chi connectivity index (χ0n) is 15.4. The maximum atomic E-state index is 10.8. The Hall–Kier alpha value is -2.87. The quantitative estimate of drug-likeness (QED) is 0.189. The Bertz CT molecular complexity index is 1190. The van der Waals surface area contributed by atoms with Crippen LogP contribution in [-0.2, 0) is 5.75 Å². The molecule has 3 aromatic carbocycles. The van der Waals surface area contributed by atoms with Crippen molar-refractivity contribution in [2.45, 2.75) is 10.9 Å². The van der Waals surface area contributed by atoms with Gasteiger partial charge in [-0.25, -0.2) is 0 Å². The molecule has 0 spiro atoms. The third kappa shape index (κ3) is 4.33. The van der Waals surface area contributed by atoms with E-state index in [0.717, 1.165) is 16.8 Å². The first-order valence-electron chi connectivity index (χ1n) is 8.85. The number of nitro groups is 1. The minimum absolute atomic E-state index is 0.0640. The van der Waals surface area contributed by atoms with E-state index in [1.54, 1.807) is 24.3 Å². The fraction of sp³-hybridized carbons (Fsp3) is 0.0476. The lowest BCUT2D eigenvalue weighted by Gasteiger charge is -2.11. The summed E-state index contributed by atoms with van der Waals surface area (Å²) in [5, 5.41) is 21.5. The molecule has 0 aliphatic rings. The van der Waals surface area contributed by atoms with E-state index in [1.807, 2.05) is 41.0 Å². The summed E-state index contributed by atoms with van der Waals surface area (Å²) in [6, 6.07) is 21.3. The SMILES string of the molecule is O=[N+]([O-])c1ccc(CSc2nnc(-c3ccccc3Cl)n2-c2ccc(Cl)cc2)cc1. The second kappa shape index (κ2) is 8.87. The van der Waals surface area contributed by atoms with Gasteiger partial charge in [-0.1, -0.05) is 59.2 Å². The molecule has 9 heteroatoms. The number of benzene rings is 3. The predicted octanol–water partition coefficient (Wildman–Crippen LogP) is 6.44. The summed E-state index contributed by atoms with van der Waals surface area (Å²) < 4.78 is 1.92. The molecule has 0 amide bonds. The third-order valence-electron chi connectivity index (χ3n) is 4.35. The molecule has 0 radical (unpaired) electrons. The first-order chi connectivity index (χ1) is 14.5. The van der Waals surface area contributed by atoms with Gasteiger partial charge in [-0.3, -0.25) is 14.7 Å². The lowest BCUT2D eigenvalue weighted by atomic mass is 10.2. The maximum Gasteiger partial charge on any atom is 0.269 e. The lowest BCUT2D eigenvalue weighted by molar-refractivity contribution is -0.384. The number of nitro benzene ring substituents is 1. The first kappa shape index (κ1) is 20.4. The highest BCUT2D eigenvalue weighted by Gasteiger charge is 2.18. The normalized spacial score (nSPS) is 10.9. The van der Waals surface area contributed by atoms with Crippen molar-refractivity contribution in [2.24, 2.45) is 0 Å². The number of nitrogens with zero attached hydrogens (tertiary/aromatic N) is 4. The highest BCUT2D eigenvalue weighted by atomic mass is 35.5. The fourth-order valence-corrected chi connectivity index (χ4v) is 4.12. The summed E-state index contributed by atoms with van der Waals surface area (Å²) in [4.78, 5) is 10.4. The molecule has 0 unspecified atom stereocenters. The summed E-state index contributed by atoms with van der Waals surface area (Å²) in [6.45, 7) is 0. The highest BCUT2D eigenvalue weighted by molar-refractivity contribution is 7.98. The zero-order chi connectivity index (χ0) is 21.1. The molecule has 4 aromatic rings. The van der Waals surface area contributed by atoms with Gasteiger partial charge in [-0.2, -0.15) is 0 Å². The molecule has 0 fully saturated rings. The van der Waals surface area contributed by atoms with Crippen LogP contribution < -0.4 is 0 Å². The average Bonchev–Trinajstić information content (AvgIpc) is 3.17. The molecule has 1 heterocycles. The summed E-state index contributed by atoms with van der Waals surface area (Å²) in [5.41, 5.74) is 2.62. The summed E-state index contributed by atoms with van der Waals surface area (Å²) in [5.74, 6) is 1.20. The largest absolute Gasteiger partial charge is 0.270 e. The standard InChI is InChI=1S/C21H14Cl2N4O2S/c22-15-7-11-16(12-8-15)26-20(18-3-1-2-4-19(18)23)24-25-21(26)30-13-14-5-9-17(10-6-14)27(28)29/h1-12H,13H2. The Morgan fingerprint density at radius 2 is 1.63 bits per heavy atom. The Kier molecular flexibility index (Phi) is 6.03. The van der Waals surface area contributed by atoms with Gasteiger partial charge < -0.3 is 0 Å². The topological polar surface area (TPSA) is 73.8 Å². The molecule has 0 atom stereocenters. The van der Waals surface area contributed by atoms with Crippen molar-refractivity contribution in [3.63, 3.8) is 0 Å². The molecule has 6 nitrogen and oxygen atoms in total. The van der Waals surface area contributed by atoms with Crippen LogP contribution in [0.2, 0.25) is 10.0 Å². The number of hydrogen-bond donors (Lipinski definition) is 0. The van der Waals surface area contributed by atoms with Crippen molar-refractivity contribution < 1.29 is 4.92 Å². The minimum Gasteiger partial charge on any atom is -0.270 e. The van der Waals surface area contributed by atoms with Crippen LogP contribution in [0.5, 0.6) is 0 Å². The molecule has 0 aliphatic carbocycles. The van der Waals surface area contributed by atoms with E-state index in [1.165, 1.54) is 23.9 Å². The van der Waals surface area contributed by atoms with Gasteiger partial charge in [0.1, 0.15) is 0 Å². The fourth-order valence-electron chi connectivity index (χ4n) is 2.87. The van der Waals surface area contributed by atoms with Gasteiger partial charge in [-0.05, 0) is 42.0 Å². The molecule has 150 valence electrons. The molecule has 1 aromatic heterocycles.